The molecule has 3 N–H and O–H groups in total. The van der Waals surface area contributed by atoms with E-state index in [1.54, 1.807) is 13.0 Å². The smallest absolute Gasteiger partial charge is 0.257 e. The second-order valence-corrected chi connectivity index (χ2v) is 6.63. The van der Waals surface area contributed by atoms with E-state index in [1.165, 1.54) is 6.07 Å². The summed E-state index contributed by atoms with van der Waals surface area (Å²) in [5.74, 6) is 0.317. The van der Waals surface area contributed by atoms with Crippen LogP contribution < -0.4 is 15.2 Å². The van der Waals surface area contributed by atoms with Crippen LogP contribution in [0.3, 0.4) is 0 Å². The molecule has 0 bridgehead atoms. The molecule has 21 heavy (non-hydrogen) atoms. The first-order valence-electron chi connectivity index (χ1n) is 6.73. The second kappa shape index (κ2) is 6.91. The van der Waals surface area contributed by atoms with E-state index in [0.717, 1.165) is 0 Å². The molecule has 0 fully saturated rings. The fraction of sp³-hybridized carbons (Fsp3) is 0.500. The molecule has 0 unspecified atom stereocenters. The SMILES string of the molecule is CCNC(=O)COc1cc(C)c(S(N)(=O)=O)cc1C(C)C. The normalized spacial score (nSPS) is 11.5. The molecule has 0 radical (unpaired) electrons. The van der Waals surface area contributed by atoms with Gasteiger partial charge in [0.2, 0.25) is 10.0 Å². The lowest BCUT2D eigenvalue weighted by molar-refractivity contribution is -0.123. The lowest BCUT2D eigenvalue weighted by atomic mass is 10.0. The number of amides is 1. The minimum absolute atomic E-state index is 0.0373. The Bertz CT molecular complexity index is 624. The van der Waals surface area contributed by atoms with E-state index >= 15 is 0 Å². The molecule has 0 aliphatic rings. The number of hydrogen-bond donors (Lipinski definition) is 2. The predicted octanol–water partition coefficient (Wildman–Crippen LogP) is 1.28. The van der Waals surface area contributed by atoms with Crippen LogP contribution >= 0.6 is 0 Å². The highest BCUT2D eigenvalue weighted by Crippen LogP contribution is 2.31. The summed E-state index contributed by atoms with van der Waals surface area (Å²) in [5.41, 5.74) is 1.20. The molecule has 0 saturated carbocycles. The summed E-state index contributed by atoms with van der Waals surface area (Å²) in [5, 5.41) is 7.84. The highest BCUT2D eigenvalue weighted by atomic mass is 32.2. The first-order valence-corrected chi connectivity index (χ1v) is 8.28. The number of aryl methyl sites for hydroxylation is 1. The van der Waals surface area contributed by atoms with Gasteiger partial charge >= 0.3 is 0 Å². The number of primary sulfonamides is 1. The van der Waals surface area contributed by atoms with E-state index < -0.39 is 10.0 Å². The maximum Gasteiger partial charge on any atom is 0.257 e. The highest BCUT2D eigenvalue weighted by molar-refractivity contribution is 7.89. The van der Waals surface area contributed by atoms with Gasteiger partial charge in [-0.05, 0) is 43.0 Å². The predicted molar refractivity (Wildman–Crippen MR) is 80.8 cm³/mol. The fourth-order valence-corrected chi connectivity index (χ4v) is 2.75. The second-order valence-electron chi connectivity index (χ2n) is 5.10. The Morgan fingerprint density at radius 2 is 2.00 bits per heavy atom. The molecule has 0 atom stereocenters. The number of hydrogen-bond acceptors (Lipinski definition) is 4. The largest absolute Gasteiger partial charge is 0.483 e. The van der Waals surface area contributed by atoms with Gasteiger partial charge in [0.15, 0.2) is 6.61 Å². The van der Waals surface area contributed by atoms with Crippen LogP contribution in [0.25, 0.3) is 0 Å². The third kappa shape index (κ3) is 4.71. The molecule has 1 aromatic carbocycles. The monoisotopic (exact) mass is 314 g/mol. The molecule has 118 valence electrons. The molecule has 0 heterocycles. The van der Waals surface area contributed by atoms with Crippen LogP contribution in [0.4, 0.5) is 0 Å². The molecular formula is C14H22N2O4S. The summed E-state index contributed by atoms with van der Waals surface area (Å²) in [6.07, 6.45) is 0. The van der Waals surface area contributed by atoms with Crippen molar-refractivity contribution in [1.82, 2.24) is 5.32 Å². The molecule has 0 aliphatic heterocycles. The van der Waals surface area contributed by atoms with Gasteiger partial charge in [0.25, 0.3) is 5.91 Å². The first kappa shape index (κ1) is 17.5. The van der Waals surface area contributed by atoms with Gasteiger partial charge in [0.1, 0.15) is 5.75 Å². The molecule has 0 spiro atoms. The molecule has 6 nitrogen and oxygen atoms in total. The van der Waals surface area contributed by atoms with Crippen molar-refractivity contribution in [1.29, 1.82) is 0 Å². The Balaban J connectivity index is 3.15. The van der Waals surface area contributed by atoms with E-state index in [2.05, 4.69) is 5.32 Å². The van der Waals surface area contributed by atoms with Gasteiger partial charge in [-0.3, -0.25) is 4.79 Å². The summed E-state index contributed by atoms with van der Waals surface area (Å²) in [4.78, 5) is 11.5. The number of likely N-dealkylation sites (N-methyl/N-ethyl adjacent to an activating group) is 1. The number of carbonyl (C=O) groups is 1. The van der Waals surface area contributed by atoms with E-state index in [4.69, 9.17) is 9.88 Å². The summed E-state index contributed by atoms with van der Waals surface area (Å²) >= 11 is 0. The molecule has 7 heteroatoms. The average molecular weight is 314 g/mol. The van der Waals surface area contributed by atoms with Crippen LogP contribution in [0.5, 0.6) is 5.75 Å². The van der Waals surface area contributed by atoms with Gasteiger partial charge in [-0.25, -0.2) is 13.6 Å². The number of nitrogens with two attached hydrogens (primary N) is 1. The van der Waals surface area contributed by atoms with Crippen molar-refractivity contribution in [2.24, 2.45) is 5.14 Å². The lowest BCUT2D eigenvalue weighted by Crippen LogP contribution is -2.28. The average Bonchev–Trinajstić information content (AvgIpc) is 2.34. The van der Waals surface area contributed by atoms with Crippen LogP contribution in [-0.4, -0.2) is 27.5 Å². The Labute approximate surface area is 125 Å². The Hall–Kier alpha value is -1.60. The van der Waals surface area contributed by atoms with Crippen LogP contribution in [0, 0.1) is 6.92 Å². The molecule has 0 aliphatic carbocycles. The van der Waals surface area contributed by atoms with E-state index in [9.17, 15) is 13.2 Å². The van der Waals surface area contributed by atoms with Gasteiger partial charge in [0, 0.05) is 6.54 Å². The van der Waals surface area contributed by atoms with Gasteiger partial charge in [-0.15, -0.1) is 0 Å². The van der Waals surface area contributed by atoms with E-state index in [-0.39, 0.29) is 23.3 Å². The van der Waals surface area contributed by atoms with Crippen molar-refractivity contribution >= 4 is 15.9 Å². The summed E-state index contributed by atoms with van der Waals surface area (Å²) in [7, 11) is -3.78. The zero-order chi connectivity index (χ0) is 16.2. The minimum Gasteiger partial charge on any atom is -0.483 e. The summed E-state index contributed by atoms with van der Waals surface area (Å²) in [6, 6.07) is 3.12. The highest BCUT2D eigenvalue weighted by Gasteiger charge is 2.18. The Morgan fingerprint density at radius 1 is 1.38 bits per heavy atom. The number of benzene rings is 1. The molecule has 1 amide bonds. The lowest BCUT2D eigenvalue weighted by Gasteiger charge is -2.16. The molecular weight excluding hydrogens is 292 g/mol. The van der Waals surface area contributed by atoms with Crippen molar-refractivity contribution < 1.29 is 17.9 Å². The molecule has 1 rings (SSSR count). The number of carbonyl (C=O) groups excluding carboxylic acids is 1. The number of rotatable bonds is 6. The van der Waals surface area contributed by atoms with E-state index in [1.807, 2.05) is 20.8 Å². The van der Waals surface area contributed by atoms with Crippen molar-refractivity contribution in [3.8, 4) is 5.75 Å². The van der Waals surface area contributed by atoms with Crippen molar-refractivity contribution in [3.05, 3.63) is 23.3 Å². The third-order valence-electron chi connectivity index (χ3n) is 2.97. The molecule has 0 saturated heterocycles. The van der Waals surface area contributed by atoms with E-state index in [0.29, 0.717) is 23.4 Å². The van der Waals surface area contributed by atoms with Crippen LogP contribution in [-0.2, 0) is 14.8 Å². The van der Waals surface area contributed by atoms with Crippen LogP contribution in [0.15, 0.2) is 17.0 Å². The Morgan fingerprint density at radius 3 is 2.48 bits per heavy atom. The number of sulfonamides is 1. The van der Waals surface area contributed by atoms with Gasteiger partial charge in [-0.1, -0.05) is 13.8 Å². The van der Waals surface area contributed by atoms with Gasteiger partial charge in [-0.2, -0.15) is 0 Å². The topological polar surface area (TPSA) is 98.5 Å². The van der Waals surface area contributed by atoms with Crippen LogP contribution in [0.2, 0.25) is 0 Å². The first-order chi connectivity index (χ1) is 9.66. The molecule has 0 aromatic heterocycles. The molecule has 1 aromatic rings. The van der Waals surface area contributed by atoms with Crippen LogP contribution in [0.1, 0.15) is 37.8 Å². The summed E-state index contributed by atoms with van der Waals surface area (Å²) in [6.45, 7) is 7.71. The fourth-order valence-electron chi connectivity index (χ4n) is 1.95. The third-order valence-corrected chi connectivity index (χ3v) is 4.02. The van der Waals surface area contributed by atoms with Gasteiger partial charge < -0.3 is 10.1 Å². The zero-order valence-electron chi connectivity index (χ0n) is 12.8. The minimum atomic E-state index is -3.78. The summed E-state index contributed by atoms with van der Waals surface area (Å²) < 4.78 is 28.6. The maximum atomic E-state index is 11.6. The van der Waals surface area contributed by atoms with Crippen molar-refractivity contribution in [2.45, 2.75) is 38.5 Å². The standard InChI is InChI=1S/C14H22N2O4S/c1-5-16-14(17)8-20-12-6-10(4)13(21(15,18)19)7-11(12)9(2)3/h6-7,9H,5,8H2,1-4H3,(H,16,17)(H2,15,18,19). The van der Waals surface area contributed by atoms with Gasteiger partial charge in [0.05, 0.1) is 4.90 Å². The van der Waals surface area contributed by atoms with Crippen molar-refractivity contribution in [2.75, 3.05) is 13.2 Å². The Kier molecular flexibility index (Phi) is 5.74. The quantitative estimate of drug-likeness (QED) is 0.826. The van der Waals surface area contributed by atoms with Crippen molar-refractivity contribution in [3.63, 3.8) is 0 Å². The zero-order valence-corrected chi connectivity index (χ0v) is 13.6. The number of nitrogens with one attached hydrogen (secondary N) is 1. The number of ether oxygens (including phenoxy) is 1. The maximum absolute atomic E-state index is 11.6.